The van der Waals surface area contributed by atoms with Crippen LogP contribution >= 0.6 is 11.6 Å². The molecule has 1 aromatic heterocycles. The number of nitrogens with one attached hydrogen (secondary N) is 1. The van der Waals surface area contributed by atoms with E-state index in [2.05, 4.69) is 39.0 Å². The maximum atomic E-state index is 10.7. The summed E-state index contributed by atoms with van der Waals surface area (Å²) in [5, 5.41) is 13.9. The zero-order chi connectivity index (χ0) is 18.9. The molecule has 2 rings (SSSR count). The summed E-state index contributed by atoms with van der Waals surface area (Å²) in [6.07, 6.45) is 4.24. The number of anilines is 3. The fourth-order valence-corrected chi connectivity index (χ4v) is 2.50. The highest BCUT2D eigenvalue weighted by Crippen LogP contribution is 2.21. The first-order valence-corrected chi connectivity index (χ1v) is 9.09. The Balaban J connectivity index is 2.19. The average Bonchev–Trinajstić information content (AvgIpc) is 2.62. The number of benzene rings is 1. The van der Waals surface area contributed by atoms with Crippen molar-refractivity contribution in [3.8, 4) is 0 Å². The van der Waals surface area contributed by atoms with Crippen molar-refractivity contribution in [2.75, 3.05) is 23.3 Å². The summed E-state index contributed by atoms with van der Waals surface area (Å²) in [4.78, 5) is 25.2. The van der Waals surface area contributed by atoms with Gasteiger partial charge < -0.3 is 10.2 Å². The van der Waals surface area contributed by atoms with Gasteiger partial charge in [0.05, 0.1) is 4.92 Å². The molecule has 26 heavy (non-hydrogen) atoms. The van der Waals surface area contributed by atoms with Crippen LogP contribution in [0, 0.1) is 10.1 Å². The van der Waals surface area contributed by atoms with Gasteiger partial charge in [-0.3, -0.25) is 10.1 Å². The van der Waals surface area contributed by atoms with Gasteiger partial charge in [0.1, 0.15) is 0 Å². The molecular formula is C17H23ClN6O2. The SMILES string of the molecule is CCCCN(CCCC)c1nc(Cl)nc(Nc2ccc([N+](=O)[O-])cc2)n1. The molecular weight excluding hydrogens is 356 g/mol. The zero-order valence-electron chi connectivity index (χ0n) is 15.0. The molecule has 8 nitrogen and oxygen atoms in total. The van der Waals surface area contributed by atoms with E-state index in [1.54, 1.807) is 12.1 Å². The Labute approximate surface area is 157 Å². The summed E-state index contributed by atoms with van der Waals surface area (Å²) >= 11 is 6.08. The Kier molecular flexibility index (Phi) is 7.53. The first-order valence-electron chi connectivity index (χ1n) is 8.71. The molecule has 140 valence electrons. The fourth-order valence-electron chi connectivity index (χ4n) is 2.34. The van der Waals surface area contributed by atoms with Gasteiger partial charge in [-0.05, 0) is 36.6 Å². The van der Waals surface area contributed by atoms with Gasteiger partial charge in [0, 0.05) is 30.9 Å². The molecule has 0 fully saturated rings. The van der Waals surface area contributed by atoms with Gasteiger partial charge in [-0.15, -0.1) is 0 Å². The number of nitrogens with zero attached hydrogens (tertiary/aromatic N) is 5. The topological polar surface area (TPSA) is 97.1 Å². The van der Waals surface area contributed by atoms with Crippen molar-refractivity contribution in [3.05, 3.63) is 39.7 Å². The van der Waals surface area contributed by atoms with Crippen molar-refractivity contribution in [3.63, 3.8) is 0 Å². The normalized spacial score (nSPS) is 10.6. The minimum absolute atomic E-state index is 0.0234. The van der Waals surface area contributed by atoms with Crippen LogP contribution in [0.4, 0.5) is 23.3 Å². The van der Waals surface area contributed by atoms with Crippen molar-refractivity contribution in [1.29, 1.82) is 0 Å². The van der Waals surface area contributed by atoms with Crippen LogP contribution in [0.3, 0.4) is 0 Å². The smallest absolute Gasteiger partial charge is 0.269 e. The molecule has 0 atom stereocenters. The second kappa shape index (κ2) is 9.86. The van der Waals surface area contributed by atoms with Crippen molar-refractivity contribution < 1.29 is 4.92 Å². The lowest BCUT2D eigenvalue weighted by Crippen LogP contribution is -2.28. The van der Waals surface area contributed by atoms with Gasteiger partial charge in [-0.25, -0.2) is 0 Å². The fraction of sp³-hybridized carbons (Fsp3) is 0.471. The van der Waals surface area contributed by atoms with Gasteiger partial charge in [0.2, 0.25) is 17.2 Å². The Hall–Kier alpha value is -2.48. The number of hydrogen-bond acceptors (Lipinski definition) is 7. The van der Waals surface area contributed by atoms with E-state index < -0.39 is 4.92 Å². The molecule has 0 aliphatic heterocycles. The summed E-state index contributed by atoms with van der Waals surface area (Å²) in [6.45, 7) is 5.99. The molecule has 1 heterocycles. The van der Waals surface area contributed by atoms with Crippen molar-refractivity contribution in [2.45, 2.75) is 39.5 Å². The van der Waals surface area contributed by atoms with Gasteiger partial charge in [-0.2, -0.15) is 15.0 Å². The number of nitro benzene ring substituents is 1. The summed E-state index contributed by atoms with van der Waals surface area (Å²) < 4.78 is 0. The minimum atomic E-state index is -0.443. The van der Waals surface area contributed by atoms with E-state index in [4.69, 9.17) is 11.6 Å². The molecule has 0 amide bonds. The lowest BCUT2D eigenvalue weighted by Gasteiger charge is -2.22. The third kappa shape index (κ3) is 5.80. The zero-order valence-corrected chi connectivity index (χ0v) is 15.7. The van der Waals surface area contributed by atoms with E-state index in [0.29, 0.717) is 17.6 Å². The van der Waals surface area contributed by atoms with E-state index in [9.17, 15) is 10.1 Å². The molecule has 1 N–H and O–H groups in total. The monoisotopic (exact) mass is 378 g/mol. The second-order valence-electron chi connectivity index (χ2n) is 5.85. The van der Waals surface area contributed by atoms with E-state index in [1.165, 1.54) is 12.1 Å². The predicted molar refractivity (Wildman–Crippen MR) is 103 cm³/mol. The lowest BCUT2D eigenvalue weighted by molar-refractivity contribution is -0.384. The van der Waals surface area contributed by atoms with E-state index in [-0.39, 0.29) is 11.0 Å². The summed E-state index contributed by atoms with van der Waals surface area (Å²) in [6, 6.07) is 6.03. The van der Waals surface area contributed by atoms with Crippen LogP contribution in [-0.2, 0) is 0 Å². The van der Waals surface area contributed by atoms with Gasteiger partial charge in [-0.1, -0.05) is 26.7 Å². The van der Waals surface area contributed by atoms with Crippen LogP contribution < -0.4 is 10.2 Å². The molecule has 0 unspecified atom stereocenters. The van der Waals surface area contributed by atoms with Crippen molar-refractivity contribution in [2.24, 2.45) is 0 Å². The largest absolute Gasteiger partial charge is 0.341 e. The van der Waals surface area contributed by atoms with Crippen molar-refractivity contribution >= 4 is 34.9 Å². The highest BCUT2D eigenvalue weighted by molar-refractivity contribution is 6.28. The van der Waals surface area contributed by atoms with Crippen LogP contribution in [0.25, 0.3) is 0 Å². The molecule has 9 heteroatoms. The van der Waals surface area contributed by atoms with Gasteiger partial charge >= 0.3 is 0 Å². The molecule has 2 aromatic rings. The molecule has 1 aromatic carbocycles. The molecule has 0 aliphatic rings. The Morgan fingerprint density at radius 1 is 1.08 bits per heavy atom. The van der Waals surface area contributed by atoms with Gasteiger partial charge in [0.25, 0.3) is 5.69 Å². The third-order valence-corrected chi connectivity index (χ3v) is 3.95. The Bertz CT molecular complexity index is 718. The quantitative estimate of drug-likeness (QED) is 0.477. The van der Waals surface area contributed by atoms with E-state index in [0.717, 1.165) is 38.8 Å². The van der Waals surface area contributed by atoms with E-state index in [1.807, 2.05) is 0 Å². The van der Waals surface area contributed by atoms with Gasteiger partial charge in [0.15, 0.2) is 0 Å². The summed E-state index contributed by atoms with van der Waals surface area (Å²) in [5.41, 5.74) is 0.660. The summed E-state index contributed by atoms with van der Waals surface area (Å²) in [7, 11) is 0. The molecule has 0 saturated heterocycles. The molecule has 0 saturated carbocycles. The van der Waals surface area contributed by atoms with Crippen LogP contribution in [0.5, 0.6) is 0 Å². The number of halogens is 1. The van der Waals surface area contributed by atoms with E-state index >= 15 is 0 Å². The number of aromatic nitrogens is 3. The Morgan fingerprint density at radius 2 is 1.69 bits per heavy atom. The Morgan fingerprint density at radius 3 is 2.23 bits per heavy atom. The van der Waals surface area contributed by atoms with Crippen molar-refractivity contribution in [1.82, 2.24) is 15.0 Å². The first-order chi connectivity index (χ1) is 12.5. The maximum absolute atomic E-state index is 10.7. The summed E-state index contributed by atoms with van der Waals surface area (Å²) in [5.74, 6) is 0.850. The number of unbranched alkanes of at least 4 members (excludes halogenated alkanes) is 2. The highest BCUT2D eigenvalue weighted by atomic mass is 35.5. The van der Waals surface area contributed by atoms with Crippen LogP contribution in [0.15, 0.2) is 24.3 Å². The van der Waals surface area contributed by atoms with Crippen LogP contribution in [0.1, 0.15) is 39.5 Å². The minimum Gasteiger partial charge on any atom is -0.341 e. The predicted octanol–water partition coefficient (Wildman–Crippen LogP) is 4.58. The number of rotatable bonds is 10. The third-order valence-electron chi connectivity index (χ3n) is 3.78. The number of non-ortho nitro benzene ring substituents is 1. The second-order valence-corrected chi connectivity index (χ2v) is 6.19. The molecule has 0 aliphatic carbocycles. The number of nitro groups is 1. The average molecular weight is 379 g/mol. The van der Waals surface area contributed by atoms with Crippen LogP contribution in [0.2, 0.25) is 5.28 Å². The number of hydrogen-bond donors (Lipinski definition) is 1. The first kappa shape index (κ1) is 19.8. The van der Waals surface area contributed by atoms with Crippen LogP contribution in [-0.4, -0.2) is 33.0 Å². The highest BCUT2D eigenvalue weighted by Gasteiger charge is 2.13. The lowest BCUT2D eigenvalue weighted by atomic mass is 10.3. The maximum Gasteiger partial charge on any atom is 0.269 e. The molecule has 0 spiro atoms. The standard InChI is InChI=1S/C17H23ClN6O2/c1-3-5-11-23(12-6-4-2)17-21-15(18)20-16(22-17)19-13-7-9-14(10-8-13)24(25)26/h7-10H,3-6,11-12H2,1-2H3,(H,19,20,21,22). The molecule has 0 bridgehead atoms. The molecule has 0 radical (unpaired) electrons.